The summed E-state index contributed by atoms with van der Waals surface area (Å²) in [5, 5.41) is 17.7. The summed E-state index contributed by atoms with van der Waals surface area (Å²) in [6.45, 7) is 11.0. The Kier molecular flexibility index (Phi) is 14.8. The van der Waals surface area contributed by atoms with Crippen LogP contribution < -0.4 is 32.7 Å². The van der Waals surface area contributed by atoms with Crippen LogP contribution in [0.5, 0.6) is 0 Å². The number of guanidine groups is 1. The molecule has 206 valence electrons. The monoisotopic (exact) mass is 512 g/mol. The van der Waals surface area contributed by atoms with E-state index in [1.807, 2.05) is 20.8 Å². The third kappa shape index (κ3) is 12.9. The van der Waals surface area contributed by atoms with Gasteiger partial charge >= 0.3 is 0 Å². The average molecular weight is 513 g/mol. The second-order valence-electron chi connectivity index (χ2n) is 9.46. The number of carbonyl (C=O) groups excluding carboxylic acids is 5. The van der Waals surface area contributed by atoms with Crippen LogP contribution in [-0.4, -0.2) is 78.2 Å². The van der Waals surface area contributed by atoms with Crippen LogP contribution in [0, 0.1) is 17.2 Å². The molecule has 0 unspecified atom stereocenters. The zero-order valence-electron chi connectivity index (χ0n) is 22.3. The Hall–Kier alpha value is -3.38. The molecule has 0 aliphatic rings. The zero-order chi connectivity index (χ0) is 28.0. The molecule has 0 aromatic rings. The summed E-state index contributed by atoms with van der Waals surface area (Å²) in [4.78, 5) is 62.7. The van der Waals surface area contributed by atoms with Gasteiger partial charge in [0.2, 0.25) is 29.5 Å². The predicted molar refractivity (Wildman–Crippen MR) is 136 cm³/mol. The molecule has 0 aliphatic heterocycles. The molecule has 0 spiro atoms. The van der Waals surface area contributed by atoms with Gasteiger partial charge in [0, 0.05) is 20.0 Å². The highest BCUT2D eigenvalue weighted by molar-refractivity contribution is 5.93. The maximum absolute atomic E-state index is 12.9. The van der Waals surface area contributed by atoms with Crippen molar-refractivity contribution in [3.63, 3.8) is 0 Å². The molecule has 0 aliphatic carbocycles. The lowest BCUT2D eigenvalue weighted by molar-refractivity contribution is -0.133. The highest BCUT2D eigenvalue weighted by Gasteiger charge is 2.27. The van der Waals surface area contributed by atoms with Gasteiger partial charge in [0.25, 0.3) is 0 Å². The van der Waals surface area contributed by atoms with Crippen molar-refractivity contribution < 1.29 is 24.0 Å². The molecule has 0 aromatic heterocycles. The normalized spacial score (nSPS) is 13.3. The molecular formula is C23H44N8O5. The van der Waals surface area contributed by atoms with E-state index in [1.165, 1.54) is 6.92 Å². The van der Waals surface area contributed by atoms with Crippen LogP contribution in [0.15, 0.2) is 0 Å². The summed E-state index contributed by atoms with van der Waals surface area (Å²) < 4.78 is 0. The van der Waals surface area contributed by atoms with Gasteiger partial charge in [-0.25, -0.2) is 0 Å². The molecule has 0 radical (unpaired) electrons. The molecule has 5 amide bonds. The van der Waals surface area contributed by atoms with E-state index >= 15 is 0 Å². The summed E-state index contributed by atoms with van der Waals surface area (Å²) in [5.74, 6) is -2.98. The number of hydrogen-bond donors (Lipinski definition) is 7. The smallest absolute Gasteiger partial charge is 0.243 e. The van der Waals surface area contributed by atoms with Gasteiger partial charge in [-0.1, -0.05) is 27.7 Å². The second-order valence-corrected chi connectivity index (χ2v) is 9.46. The zero-order valence-corrected chi connectivity index (χ0v) is 22.3. The summed E-state index contributed by atoms with van der Waals surface area (Å²) >= 11 is 0. The molecule has 0 fully saturated rings. The van der Waals surface area contributed by atoms with Crippen molar-refractivity contribution in [2.75, 3.05) is 19.6 Å². The third-order valence-corrected chi connectivity index (χ3v) is 5.39. The largest absolute Gasteiger partial charge is 0.370 e. The summed E-state index contributed by atoms with van der Waals surface area (Å²) in [5.41, 5.74) is 11.0. The molecule has 9 N–H and O–H groups in total. The summed E-state index contributed by atoms with van der Waals surface area (Å²) in [7, 11) is 0. The SMILES string of the molecule is CCN(CCC[C@H](NC(=O)[C@H](CC(C)C)NC(=O)CNC(=O)[C@@H](NC(C)=O)C(C)C)C(N)=O)C(=N)N. The minimum absolute atomic E-state index is 0.0430. The van der Waals surface area contributed by atoms with Crippen molar-refractivity contribution in [2.24, 2.45) is 23.3 Å². The van der Waals surface area contributed by atoms with Crippen LogP contribution in [0.25, 0.3) is 0 Å². The van der Waals surface area contributed by atoms with Crippen LogP contribution in [0.4, 0.5) is 0 Å². The van der Waals surface area contributed by atoms with E-state index < -0.39 is 41.8 Å². The Labute approximate surface area is 213 Å². The highest BCUT2D eigenvalue weighted by Crippen LogP contribution is 2.07. The van der Waals surface area contributed by atoms with Gasteiger partial charge in [-0.15, -0.1) is 0 Å². The molecule has 0 bridgehead atoms. The van der Waals surface area contributed by atoms with Gasteiger partial charge in [0.15, 0.2) is 5.96 Å². The standard InChI is InChI=1S/C23H44N8O5/c1-7-31(23(25)26)10-8-9-16(20(24)34)30-21(35)17(11-13(2)3)29-18(33)12-27-22(36)19(14(4)5)28-15(6)32/h13-14,16-17,19H,7-12H2,1-6H3,(H2,24,34)(H3,25,26)(H,27,36)(H,28,32)(H,29,33)(H,30,35)/t16-,17-,19-/m0/s1. The maximum atomic E-state index is 12.9. The van der Waals surface area contributed by atoms with Gasteiger partial charge in [0.05, 0.1) is 6.54 Å². The van der Waals surface area contributed by atoms with Gasteiger partial charge in [-0.3, -0.25) is 29.4 Å². The number of carbonyl (C=O) groups is 5. The van der Waals surface area contributed by atoms with Crippen molar-refractivity contribution in [1.82, 2.24) is 26.2 Å². The first-order valence-corrected chi connectivity index (χ1v) is 12.2. The fraction of sp³-hybridized carbons (Fsp3) is 0.739. The van der Waals surface area contributed by atoms with Crippen molar-refractivity contribution in [2.45, 2.75) is 78.9 Å². The van der Waals surface area contributed by atoms with Crippen LogP contribution in [-0.2, 0) is 24.0 Å². The van der Waals surface area contributed by atoms with E-state index in [1.54, 1.807) is 18.7 Å². The molecule has 3 atom stereocenters. The van der Waals surface area contributed by atoms with Crippen LogP contribution in [0.1, 0.15) is 60.8 Å². The van der Waals surface area contributed by atoms with Crippen LogP contribution >= 0.6 is 0 Å². The van der Waals surface area contributed by atoms with E-state index in [0.29, 0.717) is 25.9 Å². The number of amides is 5. The van der Waals surface area contributed by atoms with Gasteiger partial charge in [-0.2, -0.15) is 0 Å². The third-order valence-electron chi connectivity index (χ3n) is 5.39. The number of primary amides is 1. The lowest BCUT2D eigenvalue weighted by Gasteiger charge is -2.25. The molecule has 0 aromatic carbocycles. The van der Waals surface area contributed by atoms with E-state index in [4.69, 9.17) is 16.9 Å². The Morgan fingerprint density at radius 2 is 1.53 bits per heavy atom. The average Bonchev–Trinajstić information content (AvgIpc) is 2.76. The van der Waals surface area contributed by atoms with Crippen LogP contribution in [0.2, 0.25) is 0 Å². The lowest BCUT2D eigenvalue weighted by atomic mass is 10.0. The van der Waals surface area contributed by atoms with Gasteiger partial charge in [-0.05, 0) is 38.0 Å². The Bertz CT molecular complexity index is 786. The Morgan fingerprint density at radius 1 is 0.917 bits per heavy atom. The summed E-state index contributed by atoms with van der Waals surface area (Å²) in [6, 6.07) is -2.70. The molecule has 0 saturated carbocycles. The minimum Gasteiger partial charge on any atom is -0.370 e. The van der Waals surface area contributed by atoms with Gasteiger partial charge < -0.3 is 37.6 Å². The van der Waals surface area contributed by atoms with Crippen molar-refractivity contribution in [3.8, 4) is 0 Å². The van der Waals surface area contributed by atoms with Crippen LogP contribution in [0.3, 0.4) is 0 Å². The predicted octanol–water partition coefficient (Wildman–Crippen LogP) is -1.24. The quantitative estimate of drug-likeness (QED) is 0.0985. The first kappa shape index (κ1) is 32.6. The lowest BCUT2D eigenvalue weighted by Crippen LogP contribution is -2.55. The number of hydrogen-bond acceptors (Lipinski definition) is 6. The highest BCUT2D eigenvalue weighted by atomic mass is 16.2. The van der Waals surface area contributed by atoms with Crippen molar-refractivity contribution in [3.05, 3.63) is 0 Å². The number of nitrogens with one attached hydrogen (secondary N) is 5. The van der Waals surface area contributed by atoms with Gasteiger partial charge in [0.1, 0.15) is 18.1 Å². The molecular weight excluding hydrogens is 468 g/mol. The topological polar surface area (TPSA) is 213 Å². The summed E-state index contributed by atoms with van der Waals surface area (Å²) in [6.07, 6.45) is 0.994. The first-order chi connectivity index (χ1) is 16.7. The molecule has 13 heteroatoms. The molecule has 13 nitrogen and oxygen atoms in total. The number of rotatable bonds is 16. The minimum atomic E-state index is -0.959. The molecule has 0 heterocycles. The Morgan fingerprint density at radius 3 is 1.97 bits per heavy atom. The first-order valence-electron chi connectivity index (χ1n) is 12.2. The van der Waals surface area contributed by atoms with E-state index in [-0.39, 0.29) is 36.7 Å². The van der Waals surface area contributed by atoms with Crippen molar-refractivity contribution >= 4 is 35.5 Å². The van der Waals surface area contributed by atoms with E-state index in [9.17, 15) is 24.0 Å². The van der Waals surface area contributed by atoms with Crippen molar-refractivity contribution in [1.29, 1.82) is 5.41 Å². The number of nitrogens with two attached hydrogens (primary N) is 2. The Balaban J connectivity index is 5.11. The molecule has 36 heavy (non-hydrogen) atoms. The van der Waals surface area contributed by atoms with E-state index in [2.05, 4.69) is 21.3 Å². The fourth-order valence-electron chi connectivity index (χ4n) is 3.47. The molecule has 0 saturated heterocycles. The fourth-order valence-corrected chi connectivity index (χ4v) is 3.47. The molecule has 0 rings (SSSR count). The maximum Gasteiger partial charge on any atom is 0.243 e. The second kappa shape index (κ2) is 16.3. The van der Waals surface area contributed by atoms with E-state index in [0.717, 1.165) is 0 Å². The number of nitrogens with zero attached hydrogens (tertiary/aromatic N) is 1.